The fraction of sp³-hybridized carbons (Fsp3) is 1.00. The van der Waals surface area contributed by atoms with Gasteiger partial charge in [-0.05, 0) is 85.8 Å². The van der Waals surface area contributed by atoms with Crippen LogP contribution < -0.4 is 0 Å². The molecule has 2 fully saturated rings. The van der Waals surface area contributed by atoms with E-state index in [0.29, 0.717) is 0 Å². The molecule has 0 aromatic rings. The standard InChI is InChI=1S/C23H46OP2/c1-16(2)20-11-9-18(5)13-22(20)25(15-26(7,8)24)23-14-19(6)10-12-21(23)17(3)4/h16-23H,9-15H2,1-8H3/t18-,19-,20+,21+,22-,23-/m1/s1. The average molecular weight is 401 g/mol. The predicted molar refractivity (Wildman–Crippen MR) is 122 cm³/mol. The van der Waals surface area contributed by atoms with E-state index in [4.69, 9.17) is 0 Å². The van der Waals surface area contributed by atoms with E-state index in [1.165, 1.54) is 38.5 Å². The molecule has 0 aromatic carbocycles. The molecule has 0 aliphatic heterocycles. The molecule has 3 heteroatoms. The Balaban J connectivity index is 2.38. The molecule has 2 saturated carbocycles. The lowest BCUT2D eigenvalue weighted by Gasteiger charge is -2.50. The molecule has 6 atom stereocenters. The van der Waals surface area contributed by atoms with Crippen molar-refractivity contribution in [1.29, 1.82) is 0 Å². The molecule has 2 aliphatic rings. The van der Waals surface area contributed by atoms with Crippen molar-refractivity contribution in [2.24, 2.45) is 35.5 Å². The Morgan fingerprint density at radius 2 is 1.19 bits per heavy atom. The minimum Gasteiger partial charge on any atom is -0.324 e. The molecule has 0 N–H and O–H groups in total. The highest BCUT2D eigenvalue weighted by Crippen LogP contribution is 2.66. The van der Waals surface area contributed by atoms with Gasteiger partial charge in [0.05, 0.1) is 7.14 Å². The van der Waals surface area contributed by atoms with Gasteiger partial charge in [0.25, 0.3) is 0 Å². The molecular formula is C23H46OP2. The van der Waals surface area contributed by atoms with Crippen molar-refractivity contribution in [3.8, 4) is 0 Å². The van der Waals surface area contributed by atoms with E-state index in [0.717, 1.165) is 52.7 Å². The van der Waals surface area contributed by atoms with Crippen molar-refractivity contribution >= 4 is 15.1 Å². The first-order chi connectivity index (χ1) is 12.0. The van der Waals surface area contributed by atoms with Crippen LogP contribution >= 0.6 is 15.1 Å². The van der Waals surface area contributed by atoms with Crippen molar-refractivity contribution in [3.63, 3.8) is 0 Å². The molecule has 0 aromatic heterocycles. The summed E-state index contributed by atoms with van der Waals surface area (Å²) in [7, 11) is -2.12. The smallest absolute Gasteiger partial charge is 0.0860 e. The first kappa shape index (κ1) is 22.9. The molecule has 2 aliphatic carbocycles. The summed E-state index contributed by atoms with van der Waals surface area (Å²) < 4.78 is 13.0. The van der Waals surface area contributed by atoms with E-state index in [1.54, 1.807) is 0 Å². The molecular weight excluding hydrogens is 354 g/mol. The van der Waals surface area contributed by atoms with Crippen LogP contribution in [-0.2, 0) is 4.57 Å². The Morgan fingerprint density at radius 1 is 0.808 bits per heavy atom. The predicted octanol–water partition coefficient (Wildman–Crippen LogP) is 7.97. The van der Waals surface area contributed by atoms with Crippen LogP contribution in [0.2, 0.25) is 0 Å². The first-order valence-corrected chi connectivity index (χ1v) is 15.7. The van der Waals surface area contributed by atoms with Gasteiger partial charge in [-0.25, -0.2) is 0 Å². The second-order valence-electron chi connectivity index (χ2n) is 11.0. The quantitative estimate of drug-likeness (QED) is 0.413. The highest BCUT2D eigenvalue weighted by Gasteiger charge is 2.44. The summed E-state index contributed by atoms with van der Waals surface area (Å²) in [4.78, 5) is 0. The molecule has 26 heavy (non-hydrogen) atoms. The van der Waals surface area contributed by atoms with Crippen molar-refractivity contribution in [2.75, 3.05) is 19.2 Å². The average Bonchev–Trinajstić information content (AvgIpc) is 2.51. The van der Waals surface area contributed by atoms with Crippen LogP contribution in [0.1, 0.15) is 80.1 Å². The molecule has 0 heterocycles. The Hall–Kier alpha value is 0.660. The topological polar surface area (TPSA) is 17.1 Å². The Morgan fingerprint density at radius 3 is 1.50 bits per heavy atom. The summed E-state index contributed by atoms with van der Waals surface area (Å²) in [6.45, 7) is 18.9. The highest BCUT2D eigenvalue weighted by atomic mass is 31.2. The van der Waals surface area contributed by atoms with Gasteiger partial charge in [-0.2, -0.15) is 0 Å². The third-order valence-corrected chi connectivity index (χ3v) is 14.3. The zero-order valence-corrected chi connectivity index (χ0v) is 20.7. The number of hydrogen-bond acceptors (Lipinski definition) is 1. The third kappa shape index (κ3) is 6.08. The maximum atomic E-state index is 13.0. The molecule has 0 unspecified atom stereocenters. The van der Waals surface area contributed by atoms with Crippen molar-refractivity contribution in [1.82, 2.24) is 0 Å². The van der Waals surface area contributed by atoms with Crippen molar-refractivity contribution in [3.05, 3.63) is 0 Å². The SMILES string of the molecule is CC(C)[C@@H]1CC[C@@H](C)C[C@H]1P(CP(C)(C)=O)[C@@H]1C[C@H](C)CC[C@H]1C(C)C. The normalized spacial score (nSPS) is 36.9. The molecule has 0 bridgehead atoms. The van der Waals surface area contributed by atoms with Crippen molar-refractivity contribution in [2.45, 2.75) is 91.4 Å². The maximum Gasteiger partial charge on any atom is 0.0860 e. The Bertz CT molecular complexity index is 449. The zero-order valence-electron chi connectivity index (χ0n) is 18.9. The minimum atomic E-state index is -1.98. The summed E-state index contributed by atoms with van der Waals surface area (Å²) in [5.41, 5.74) is 1.72. The molecule has 0 saturated heterocycles. The van der Waals surface area contributed by atoms with Gasteiger partial charge >= 0.3 is 0 Å². The number of rotatable bonds is 6. The molecule has 0 spiro atoms. The largest absolute Gasteiger partial charge is 0.324 e. The summed E-state index contributed by atoms with van der Waals surface area (Å²) in [5.74, 6) is 6.10. The van der Waals surface area contributed by atoms with E-state index in [1.807, 2.05) is 0 Å². The van der Waals surface area contributed by atoms with Gasteiger partial charge in [-0.1, -0.05) is 62.3 Å². The second-order valence-corrected chi connectivity index (χ2v) is 17.7. The molecule has 2 rings (SSSR count). The molecule has 154 valence electrons. The highest BCUT2D eigenvalue weighted by molar-refractivity contribution is 7.77. The van der Waals surface area contributed by atoms with E-state index < -0.39 is 7.14 Å². The van der Waals surface area contributed by atoms with Gasteiger partial charge in [-0.15, -0.1) is 0 Å². The molecule has 0 amide bonds. The number of hydrogen-bond donors (Lipinski definition) is 0. The molecule has 0 radical (unpaired) electrons. The lowest BCUT2D eigenvalue weighted by molar-refractivity contribution is 0.223. The summed E-state index contributed by atoms with van der Waals surface area (Å²) in [6.07, 6.45) is 8.46. The lowest BCUT2D eigenvalue weighted by Crippen LogP contribution is -2.39. The van der Waals surface area contributed by atoms with E-state index in [2.05, 4.69) is 54.9 Å². The van der Waals surface area contributed by atoms with Crippen LogP contribution in [0, 0.1) is 35.5 Å². The zero-order chi connectivity index (χ0) is 19.6. The van der Waals surface area contributed by atoms with Crippen LogP contribution in [0.15, 0.2) is 0 Å². The van der Waals surface area contributed by atoms with Crippen LogP contribution in [0.3, 0.4) is 0 Å². The minimum absolute atomic E-state index is 0.145. The Kier molecular flexibility index (Phi) is 8.33. The van der Waals surface area contributed by atoms with Gasteiger partial charge in [-0.3, -0.25) is 0 Å². The second kappa shape index (κ2) is 9.44. The first-order valence-electron chi connectivity index (χ1n) is 11.3. The van der Waals surface area contributed by atoms with Crippen LogP contribution in [0.5, 0.6) is 0 Å². The van der Waals surface area contributed by atoms with E-state index >= 15 is 0 Å². The summed E-state index contributed by atoms with van der Waals surface area (Å²) in [5, 5.41) is 0. The van der Waals surface area contributed by atoms with Gasteiger partial charge in [0.1, 0.15) is 0 Å². The summed E-state index contributed by atoms with van der Waals surface area (Å²) in [6, 6.07) is 0. The monoisotopic (exact) mass is 400 g/mol. The fourth-order valence-electron chi connectivity index (χ4n) is 5.92. The van der Waals surface area contributed by atoms with Gasteiger partial charge in [0, 0.05) is 5.90 Å². The van der Waals surface area contributed by atoms with Crippen LogP contribution in [0.25, 0.3) is 0 Å². The van der Waals surface area contributed by atoms with Crippen LogP contribution in [0.4, 0.5) is 0 Å². The fourth-order valence-corrected chi connectivity index (χ4v) is 14.5. The van der Waals surface area contributed by atoms with Crippen molar-refractivity contribution < 1.29 is 4.57 Å². The molecule has 1 nitrogen and oxygen atoms in total. The summed E-state index contributed by atoms with van der Waals surface area (Å²) >= 11 is 0. The van der Waals surface area contributed by atoms with Gasteiger partial charge in [0.2, 0.25) is 0 Å². The van der Waals surface area contributed by atoms with Gasteiger partial charge < -0.3 is 4.57 Å². The van der Waals surface area contributed by atoms with E-state index in [-0.39, 0.29) is 7.92 Å². The maximum absolute atomic E-state index is 13.0. The van der Waals surface area contributed by atoms with E-state index in [9.17, 15) is 4.57 Å². The third-order valence-electron chi connectivity index (χ3n) is 7.33. The Labute approximate surface area is 166 Å². The lowest BCUT2D eigenvalue weighted by atomic mass is 9.76. The van der Waals surface area contributed by atoms with Crippen LogP contribution in [-0.4, -0.2) is 30.6 Å². The van der Waals surface area contributed by atoms with Gasteiger partial charge in [0.15, 0.2) is 0 Å².